The molecule has 0 radical (unpaired) electrons. The lowest BCUT2D eigenvalue weighted by atomic mass is 9.77. The zero-order valence-electron chi connectivity index (χ0n) is 16.7. The second-order valence-electron chi connectivity index (χ2n) is 7.08. The smallest absolute Gasteiger partial charge is 0.306 e. The third kappa shape index (κ3) is 9.44. The van der Waals surface area contributed by atoms with Gasteiger partial charge in [-0.25, -0.2) is 0 Å². The van der Waals surface area contributed by atoms with Gasteiger partial charge in [-0.2, -0.15) is 0 Å². The molecule has 0 aromatic heterocycles. The van der Waals surface area contributed by atoms with Gasteiger partial charge in [-0.15, -0.1) is 0 Å². The molecule has 0 aromatic rings. The number of esters is 1. The monoisotopic (exact) mass is 340 g/mol. The molecule has 0 aliphatic carbocycles. The fourth-order valence-electron chi connectivity index (χ4n) is 3.40. The topological polar surface area (TPSA) is 43.4 Å². The molecule has 2 atom stereocenters. The van der Waals surface area contributed by atoms with Crippen LogP contribution in [0.15, 0.2) is 0 Å². The number of carbonyl (C=O) groups is 2. The van der Waals surface area contributed by atoms with E-state index in [0.717, 1.165) is 32.1 Å². The fraction of sp³-hybridized carbons (Fsp3) is 0.905. The first-order chi connectivity index (χ1) is 11.5. The Balaban J connectivity index is 4.92. The number of hydrogen-bond donors (Lipinski definition) is 0. The Labute approximate surface area is 149 Å². The molecule has 0 aliphatic rings. The number of unbranched alkanes of at least 4 members (excludes halogenated alkanes) is 3. The maximum absolute atomic E-state index is 13.0. The van der Waals surface area contributed by atoms with Gasteiger partial charge >= 0.3 is 5.97 Å². The Bertz CT molecular complexity index is 330. The summed E-state index contributed by atoms with van der Waals surface area (Å²) in [6, 6.07) is 0. The lowest BCUT2D eigenvalue weighted by molar-refractivity contribution is -0.147. The van der Waals surface area contributed by atoms with Gasteiger partial charge in [0.1, 0.15) is 5.78 Å². The van der Waals surface area contributed by atoms with E-state index >= 15 is 0 Å². The van der Waals surface area contributed by atoms with Crippen molar-refractivity contribution in [3.63, 3.8) is 0 Å². The van der Waals surface area contributed by atoms with Gasteiger partial charge in [-0.05, 0) is 32.1 Å². The molecule has 3 nitrogen and oxygen atoms in total. The van der Waals surface area contributed by atoms with Crippen molar-refractivity contribution in [3.8, 4) is 0 Å². The first kappa shape index (κ1) is 23.1. The molecular formula is C21H40O3. The second-order valence-corrected chi connectivity index (χ2v) is 7.08. The summed E-state index contributed by atoms with van der Waals surface area (Å²) in [5.41, 5.74) is 0. The van der Waals surface area contributed by atoms with E-state index in [0.29, 0.717) is 12.5 Å². The predicted octanol–water partition coefficient (Wildman–Crippen LogP) is 5.95. The molecular weight excluding hydrogens is 300 g/mol. The number of Topliss-reactive ketones (excluding diaryl/α,β-unsaturated/α-hetero) is 1. The van der Waals surface area contributed by atoms with Gasteiger partial charge in [-0.1, -0.05) is 66.2 Å². The molecule has 24 heavy (non-hydrogen) atoms. The maximum atomic E-state index is 13.0. The molecule has 0 bridgehead atoms. The zero-order chi connectivity index (χ0) is 18.4. The zero-order valence-corrected chi connectivity index (χ0v) is 16.7. The predicted molar refractivity (Wildman–Crippen MR) is 101 cm³/mol. The standard InChI is InChI=1S/C21H40O3/c1-6-10-13-18(14-11-7-2)17(5)21(23)19(15-12-8-3)16-20(22)24-9-4/h17-19H,6-16H2,1-5H3. The van der Waals surface area contributed by atoms with Crippen LogP contribution in [0.1, 0.15) is 98.8 Å². The highest BCUT2D eigenvalue weighted by Gasteiger charge is 2.30. The normalized spacial score (nSPS) is 13.8. The van der Waals surface area contributed by atoms with Crippen molar-refractivity contribution in [3.05, 3.63) is 0 Å². The van der Waals surface area contributed by atoms with Crippen molar-refractivity contribution in [2.45, 2.75) is 98.8 Å². The molecule has 0 spiro atoms. The number of carbonyl (C=O) groups excluding carboxylic acids is 2. The second kappa shape index (κ2) is 14.5. The molecule has 0 fully saturated rings. The Kier molecular flexibility index (Phi) is 14.0. The minimum absolute atomic E-state index is 0.0550. The molecule has 0 saturated heterocycles. The van der Waals surface area contributed by atoms with Gasteiger partial charge in [0.15, 0.2) is 0 Å². The SMILES string of the molecule is CCCCC(CC(=O)OCC)C(=O)C(C)C(CCCC)CCCC. The maximum Gasteiger partial charge on any atom is 0.306 e. The summed E-state index contributed by atoms with van der Waals surface area (Å²) in [4.78, 5) is 24.9. The van der Waals surface area contributed by atoms with Crippen LogP contribution in [0.4, 0.5) is 0 Å². The Hall–Kier alpha value is -0.860. The average molecular weight is 341 g/mol. The molecule has 0 rings (SSSR count). The van der Waals surface area contributed by atoms with Gasteiger partial charge in [0.25, 0.3) is 0 Å². The summed E-state index contributed by atoms with van der Waals surface area (Å²) in [7, 11) is 0. The van der Waals surface area contributed by atoms with Gasteiger partial charge in [0.05, 0.1) is 13.0 Å². The van der Waals surface area contributed by atoms with Gasteiger partial charge in [0.2, 0.25) is 0 Å². The van der Waals surface area contributed by atoms with Crippen molar-refractivity contribution < 1.29 is 14.3 Å². The van der Waals surface area contributed by atoms with Crippen LogP contribution in [0.25, 0.3) is 0 Å². The summed E-state index contributed by atoms with van der Waals surface area (Å²) in [6.45, 7) is 10.8. The van der Waals surface area contributed by atoms with Crippen LogP contribution in [0.5, 0.6) is 0 Å². The Morgan fingerprint density at radius 2 is 1.33 bits per heavy atom. The van der Waals surface area contributed by atoms with E-state index in [1.165, 1.54) is 25.7 Å². The van der Waals surface area contributed by atoms with Crippen molar-refractivity contribution >= 4 is 11.8 Å². The van der Waals surface area contributed by atoms with E-state index in [9.17, 15) is 9.59 Å². The van der Waals surface area contributed by atoms with Gasteiger partial charge in [-0.3, -0.25) is 9.59 Å². The molecule has 0 N–H and O–H groups in total. The average Bonchev–Trinajstić information content (AvgIpc) is 2.57. The van der Waals surface area contributed by atoms with Crippen LogP contribution in [0.2, 0.25) is 0 Å². The molecule has 0 heterocycles. The van der Waals surface area contributed by atoms with E-state index in [1.807, 2.05) is 6.92 Å². The van der Waals surface area contributed by atoms with Crippen LogP contribution in [-0.4, -0.2) is 18.4 Å². The Morgan fingerprint density at radius 3 is 1.79 bits per heavy atom. The van der Waals surface area contributed by atoms with Crippen LogP contribution in [0.3, 0.4) is 0 Å². The largest absolute Gasteiger partial charge is 0.466 e. The van der Waals surface area contributed by atoms with E-state index in [1.54, 1.807) is 0 Å². The third-order valence-electron chi connectivity index (χ3n) is 5.04. The Morgan fingerprint density at radius 1 is 0.833 bits per heavy atom. The summed E-state index contributed by atoms with van der Waals surface area (Å²) in [5, 5.41) is 0. The van der Waals surface area contributed by atoms with Crippen LogP contribution in [0, 0.1) is 17.8 Å². The number of ether oxygens (including phenoxy) is 1. The first-order valence-electron chi connectivity index (χ1n) is 10.2. The van der Waals surface area contributed by atoms with E-state index < -0.39 is 0 Å². The number of hydrogen-bond acceptors (Lipinski definition) is 3. The molecule has 2 unspecified atom stereocenters. The van der Waals surface area contributed by atoms with Crippen LogP contribution in [-0.2, 0) is 14.3 Å². The summed E-state index contributed by atoms with van der Waals surface area (Å²) in [6.07, 6.45) is 10.1. The van der Waals surface area contributed by atoms with E-state index in [2.05, 4.69) is 27.7 Å². The van der Waals surface area contributed by atoms with Crippen molar-refractivity contribution in [1.29, 1.82) is 0 Å². The highest BCUT2D eigenvalue weighted by atomic mass is 16.5. The van der Waals surface area contributed by atoms with Crippen LogP contribution < -0.4 is 0 Å². The summed E-state index contributed by atoms with van der Waals surface area (Å²) < 4.78 is 5.08. The molecule has 0 amide bonds. The minimum Gasteiger partial charge on any atom is -0.466 e. The van der Waals surface area contributed by atoms with E-state index in [-0.39, 0.29) is 30.0 Å². The van der Waals surface area contributed by atoms with Crippen LogP contribution >= 0.6 is 0 Å². The number of ketones is 1. The van der Waals surface area contributed by atoms with Crippen molar-refractivity contribution in [2.24, 2.45) is 17.8 Å². The fourth-order valence-corrected chi connectivity index (χ4v) is 3.40. The summed E-state index contributed by atoms with van der Waals surface area (Å²) in [5.74, 6) is 0.416. The molecule has 0 aliphatic heterocycles. The van der Waals surface area contributed by atoms with Crippen molar-refractivity contribution in [2.75, 3.05) is 6.61 Å². The molecule has 3 heteroatoms. The highest BCUT2D eigenvalue weighted by molar-refractivity contribution is 5.87. The molecule has 0 saturated carbocycles. The molecule has 142 valence electrons. The van der Waals surface area contributed by atoms with E-state index in [4.69, 9.17) is 4.74 Å². The summed E-state index contributed by atoms with van der Waals surface area (Å²) >= 11 is 0. The van der Waals surface area contributed by atoms with Gasteiger partial charge < -0.3 is 4.74 Å². The lowest BCUT2D eigenvalue weighted by Crippen LogP contribution is -2.30. The third-order valence-corrected chi connectivity index (χ3v) is 5.04. The highest BCUT2D eigenvalue weighted by Crippen LogP contribution is 2.29. The molecule has 0 aromatic carbocycles. The number of rotatable bonds is 15. The lowest BCUT2D eigenvalue weighted by Gasteiger charge is -2.26. The first-order valence-corrected chi connectivity index (χ1v) is 10.2. The minimum atomic E-state index is -0.224. The van der Waals surface area contributed by atoms with Crippen molar-refractivity contribution in [1.82, 2.24) is 0 Å². The van der Waals surface area contributed by atoms with Gasteiger partial charge in [0, 0.05) is 11.8 Å². The quantitative estimate of drug-likeness (QED) is 0.346.